The first kappa shape index (κ1) is 38.0. The summed E-state index contributed by atoms with van der Waals surface area (Å²) in [5.41, 5.74) is 26.4. The van der Waals surface area contributed by atoms with Crippen LogP contribution < -0.4 is 21.3 Å². The lowest BCUT2D eigenvalue weighted by Crippen LogP contribution is -2.30. The van der Waals surface area contributed by atoms with Gasteiger partial charge in [-0.2, -0.15) is 0 Å². The zero-order chi connectivity index (χ0) is 41.8. The molecule has 0 unspecified atom stereocenters. The molecule has 0 aliphatic carbocycles. The predicted octanol–water partition coefficient (Wildman–Crippen LogP) is 10.8. The van der Waals surface area contributed by atoms with Crippen molar-refractivity contribution in [3.8, 4) is 44.5 Å². The van der Waals surface area contributed by atoms with Crippen molar-refractivity contribution in [3.63, 3.8) is 0 Å². The van der Waals surface area contributed by atoms with Gasteiger partial charge in [-0.15, -0.1) is 0 Å². The molecule has 2 aliphatic heterocycles. The second kappa shape index (κ2) is 15.0. The van der Waals surface area contributed by atoms with Crippen LogP contribution in [0.2, 0.25) is 0 Å². The minimum Gasteiger partial charge on any atom is -0.399 e. The Bertz CT molecular complexity index is 2930. The molecule has 4 N–H and O–H groups in total. The smallest absolute Gasteiger partial charge is 0.266 e. The molecular weight excluding hydrogens is 745 g/mol. The van der Waals surface area contributed by atoms with E-state index in [-0.39, 0.29) is 23.6 Å². The van der Waals surface area contributed by atoms with Gasteiger partial charge >= 0.3 is 0 Å². The minimum absolute atomic E-state index is 0.330. The molecule has 0 saturated carbocycles. The highest BCUT2D eigenvalue weighted by Crippen LogP contribution is 2.39. The maximum absolute atomic E-state index is 13.9. The van der Waals surface area contributed by atoms with Crippen molar-refractivity contribution < 1.29 is 19.2 Å². The molecule has 7 aromatic carbocycles. The largest absolute Gasteiger partial charge is 0.399 e. The number of fused-ring (bicyclic) bond motifs is 2. The molecule has 0 saturated heterocycles. The Hall–Kier alpha value is -7.58. The maximum Gasteiger partial charge on any atom is 0.266 e. The van der Waals surface area contributed by atoms with Crippen LogP contribution in [0.3, 0.4) is 0 Å². The molecule has 9 rings (SSSR count). The summed E-state index contributed by atoms with van der Waals surface area (Å²) in [6.45, 7) is 6.23. The SMILES string of the molecule is CCc1cc(-c2ccc(N3C(=O)c4ccc(-c5ccc(N)cc5)cc4C3=O)c(CC)c2)ccc1-c1ccc(N2C(=O)c3ccc(-c4ccc(N)cc4)cc3C2=O)cc1CC. The highest BCUT2D eigenvalue weighted by Gasteiger charge is 2.39. The standard InChI is InChI=1S/C52H42N4O4/c1-4-30-25-35(36-14-24-48(32(6-3)26-36)56-50(58)45-22-13-38(29-47(45)52(56)60)34-9-17-40(54)18-10-34)11-20-42(30)43-23-19-41(27-31(43)5-2)55-49(57)44-21-12-37(28-46(44)51(55)59)33-7-15-39(53)16-8-33/h7-29H,4-6,53-54H2,1-3H3. The van der Waals surface area contributed by atoms with Crippen molar-refractivity contribution in [1.82, 2.24) is 0 Å². The van der Waals surface area contributed by atoms with Crippen LogP contribution in [0.25, 0.3) is 44.5 Å². The van der Waals surface area contributed by atoms with Crippen LogP contribution >= 0.6 is 0 Å². The highest BCUT2D eigenvalue weighted by molar-refractivity contribution is 6.35. The number of nitrogens with two attached hydrogens (primary N) is 2. The molecule has 8 nitrogen and oxygen atoms in total. The number of rotatable bonds is 9. The van der Waals surface area contributed by atoms with E-state index in [9.17, 15) is 19.2 Å². The second-order valence-corrected chi connectivity index (χ2v) is 15.3. The van der Waals surface area contributed by atoms with E-state index in [4.69, 9.17) is 11.5 Å². The number of hydrogen-bond donors (Lipinski definition) is 2. The van der Waals surface area contributed by atoms with Gasteiger partial charge in [0.05, 0.1) is 33.6 Å². The lowest BCUT2D eigenvalue weighted by Gasteiger charge is -2.20. The number of hydrogen-bond acceptors (Lipinski definition) is 6. The van der Waals surface area contributed by atoms with E-state index in [1.54, 1.807) is 24.3 Å². The Morgan fingerprint density at radius 1 is 0.350 bits per heavy atom. The fraction of sp³-hybridized carbons (Fsp3) is 0.115. The van der Waals surface area contributed by atoms with Crippen molar-refractivity contribution in [2.45, 2.75) is 40.0 Å². The molecule has 0 spiro atoms. The van der Waals surface area contributed by atoms with Crippen LogP contribution in [0.1, 0.15) is 78.9 Å². The van der Waals surface area contributed by atoms with Gasteiger partial charge in [-0.05, 0) is 153 Å². The van der Waals surface area contributed by atoms with E-state index >= 15 is 0 Å². The topological polar surface area (TPSA) is 127 Å². The first-order valence-corrected chi connectivity index (χ1v) is 20.3. The average molecular weight is 787 g/mol. The summed E-state index contributed by atoms with van der Waals surface area (Å²) in [4.78, 5) is 57.7. The molecule has 0 fully saturated rings. The molecule has 0 aromatic heterocycles. The lowest BCUT2D eigenvalue weighted by atomic mass is 9.89. The predicted molar refractivity (Wildman–Crippen MR) is 240 cm³/mol. The number of carbonyl (C=O) groups excluding carboxylic acids is 4. The van der Waals surface area contributed by atoms with E-state index in [1.807, 2.05) is 97.9 Å². The number of carbonyl (C=O) groups is 4. The van der Waals surface area contributed by atoms with E-state index in [0.717, 1.165) is 67.6 Å². The molecule has 0 radical (unpaired) electrons. The summed E-state index contributed by atoms with van der Waals surface area (Å²) in [7, 11) is 0. The van der Waals surface area contributed by atoms with E-state index in [0.29, 0.717) is 57.8 Å². The zero-order valence-electron chi connectivity index (χ0n) is 33.6. The molecule has 4 amide bonds. The monoisotopic (exact) mass is 786 g/mol. The van der Waals surface area contributed by atoms with E-state index < -0.39 is 0 Å². The number of imide groups is 2. The molecule has 2 aliphatic rings. The maximum atomic E-state index is 13.9. The lowest BCUT2D eigenvalue weighted by molar-refractivity contribution is 0.0910. The van der Waals surface area contributed by atoms with Crippen LogP contribution in [0.5, 0.6) is 0 Å². The first-order chi connectivity index (χ1) is 29.1. The van der Waals surface area contributed by atoms with Gasteiger partial charge in [0, 0.05) is 11.4 Å². The fourth-order valence-electron chi connectivity index (χ4n) is 8.51. The zero-order valence-corrected chi connectivity index (χ0v) is 33.6. The molecule has 0 bridgehead atoms. The van der Waals surface area contributed by atoms with Crippen molar-refractivity contribution in [3.05, 3.63) is 178 Å². The van der Waals surface area contributed by atoms with Gasteiger partial charge in [0.1, 0.15) is 0 Å². The second-order valence-electron chi connectivity index (χ2n) is 15.3. The molecule has 7 aromatic rings. The number of amides is 4. The van der Waals surface area contributed by atoms with Gasteiger partial charge in [0.15, 0.2) is 0 Å². The van der Waals surface area contributed by atoms with Crippen LogP contribution in [0.15, 0.2) is 140 Å². The van der Waals surface area contributed by atoms with Crippen LogP contribution in [-0.2, 0) is 19.3 Å². The number of anilines is 4. The molecule has 0 atom stereocenters. The average Bonchev–Trinajstić information content (AvgIpc) is 3.68. The molecular formula is C52H42N4O4. The quantitative estimate of drug-likeness (QED) is 0.111. The van der Waals surface area contributed by atoms with Gasteiger partial charge < -0.3 is 11.5 Å². The molecule has 294 valence electrons. The van der Waals surface area contributed by atoms with Crippen LogP contribution in [-0.4, -0.2) is 23.6 Å². The summed E-state index contributed by atoms with van der Waals surface area (Å²) in [5.74, 6) is -1.35. The van der Waals surface area contributed by atoms with Gasteiger partial charge in [-0.3, -0.25) is 19.2 Å². The van der Waals surface area contributed by atoms with Crippen molar-refractivity contribution >= 4 is 46.4 Å². The third kappa shape index (κ3) is 6.34. The Kier molecular flexibility index (Phi) is 9.48. The Labute approximate surface area is 348 Å². The van der Waals surface area contributed by atoms with Gasteiger partial charge in [-0.25, -0.2) is 9.80 Å². The van der Waals surface area contributed by atoms with Crippen molar-refractivity contribution in [1.29, 1.82) is 0 Å². The van der Waals surface area contributed by atoms with E-state index in [1.165, 1.54) is 9.80 Å². The number of benzene rings is 7. The van der Waals surface area contributed by atoms with Crippen molar-refractivity contribution in [2.75, 3.05) is 21.3 Å². The summed E-state index contributed by atoms with van der Waals surface area (Å²) >= 11 is 0. The summed E-state index contributed by atoms with van der Waals surface area (Å²) in [5, 5.41) is 0. The van der Waals surface area contributed by atoms with Gasteiger partial charge in [-0.1, -0.05) is 87.5 Å². The van der Waals surface area contributed by atoms with Crippen LogP contribution in [0.4, 0.5) is 22.7 Å². The first-order valence-electron chi connectivity index (χ1n) is 20.3. The summed E-state index contributed by atoms with van der Waals surface area (Å²) in [6, 6.07) is 43.8. The normalized spacial score (nSPS) is 13.3. The summed E-state index contributed by atoms with van der Waals surface area (Å²) < 4.78 is 0. The minimum atomic E-state index is -0.343. The van der Waals surface area contributed by atoms with Crippen LogP contribution in [0, 0.1) is 0 Å². The van der Waals surface area contributed by atoms with E-state index in [2.05, 4.69) is 38.1 Å². The van der Waals surface area contributed by atoms with Crippen molar-refractivity contribution in [2.24, 2.45) is 0 Å². The third-order valence-corrected chi connectivity index (χ3v) is 11.8. The molecule has 2 heterocycles. The number of nitrogen functional groups attached to an aromatic ring is 2. The number of aryl methyl sites for hydroxylation is 3. The van der Waals surface area contributed by atoms with Gasteiger partial charge in [0.25, 0.3) is 23.6 Å². The summed E-state index contributed by atoms with van der Waals surface area (Å²) in [6.07, 6.45) is 2.09. The highest BCUT2D eigenvalue weighted by atomic mass is 16.2. The Morgan fingerprint density at radius 3 is 1.23 bits per heavy atom. The Morgan fingerprint density at radius 2 is 0.717 bits per heavy atom. The Balaban J connectivity index is 0.985. The molecule has 60 heavy (non-hydrogen) atoms. The third-order valence-electron chi connectivity index (χ3n) is 11.8. The number of nitrogens with zero attached hydrogens (tertiary/aromatic N) is 2. The van der Waals surface area contributed by atoms with Gasteiger partial charge in [0.2, 0.25) is 0 Å². The fourth-order valence-corrected chi connectivity index (χ4v) is 8.51. The molecule has 8 heteroatoms.